The summed E-state index contributed by atoms with van der Waals surface area (Å²) in [6.07, 6.45) is 1.85. The van der Waals surface area contributed by atoms with E-state index in [0.29, 0.717) is 10.0 Å². The van der Waals surface area contributed by atoms with E-state index in [1.165, 1.54) is 0 Å². The Morgan fingerprint density at radius 2 is 2.00 bits per heavy atom. The van der Waals surface area contributed by atoms with Gasteiger partial charge in [-0.05, 0) is 36.0 Å². The van der Waals surface area contributed by atoms with Crippen molar-refractivity contribution in [2.24, 2.45) is 5.41 Å². The van der Waals surface area contributed by atoms with E-state index in [2.05, 4.69) is 19.2 Å². The van der Waals surface area contributed by atoms with Crippen LogP contribution >= 0.6 is 23.2 Å². The zero-order valence-electron chi connectivity index (χ0n) is 11.0. The topological polar surface area (TPSA) is 32.3 Å². The SMILES string of the molecule is CC(C)(CCCO)CNCc1ccc(Cl)cc1Cl. The van der Waals surface area contributed by atoms with Crippen LogP contribution < -0.4 is 5.32 Å². The number of aliphatic hydroxyl groups excluding tert-OH is 1. The fourth-order valence-corrected chi connectivity index (χ4v) is 2.32. The summed E-state index contributed by atoms with van der Waals surface area (Å²) in [5.41, 5.74) is 1.24. The van der Waals surface area contributed by atoms with Gasteiger partial charge in [0.25, 0.3) is 0 Å². The quantitative estimate of drug-likeness (QED) is 0.798. The van der Waals surface area contributed by atoms with Crippen LogP contribution in [0.5, 0.6) is 0 Å². The normalized spacial score (nSPS) is 11.8. The molecule has 4 heteroatoms. The van der Waals surface area contributed by atoms with Crippen molar-refractivity contribution in [3.05, 3.63) is 33.8 Å². The summed E-state index contributed by atoms with van der Waals surface area (Å²) in [5, 5.41) is 13.6. The second-order valence-electron chi connectivity index (χ2n) is 5.33. The van der Waals surface area contributed by atoms with Crippen LogP contribution in [-0.2, 0) is 6.54 Å². The number of hydrogen-bond donors (Lipinski definition) is 2. The molecule has 0 aliphatic heterocycles. The first-order valence-electron chi connectivity index (χ1n) is 6.20. The molecule has 0 spiro atoms. The van der Waals surface area contributed by atoms with E-state index in [1.807, 2.05) is 12.1 Å². The molecular formula is C14H21Cl2NO. The second-order valence-corrected chi connectivity index (χ2v) is 6.17. The van der Waals surface area contributed by atoms with Crippen LogP contribution in [0.2, 0.25) is 10.0 Å². The Bertz CT molecular complexity index is 380. The van der Waals surface area contributed by atoms with Crippen molar-refractivity contribution in [3.63, 3.8) is 0 Å². The van der Waals surface area contributed by atoms with Gasteiger partial charge >= 0.3 is 0 Å². The van der Waals surface area contributed by atoms with Gasteiger partial charge in [-0.1, -0.05) is 43.1 Å². The molecule has 0 aliphatic rings. The molecule has 0 unspecified atom stereocenters. The third kappa shape index (κ3) is 5.57. The summed E-state index contributed by atoms with van der Waals surface area (Å²) >= 11 is 12.0. The van der Waals surface area contributed by atoms with Gasteiger partial charge in [-0.15, -0.1) is 0 Å². The van der Waals surface area contributed by atoms with Gasteiger partial charge in [0, 0.05) is 29.7 Å². The number of benzene rings is 1. The molecule has 0 fully saturated rings. The largest absolute Gasteiger partial charge is 0.396 e. The molecule has 2 N–H and O–H groups in total. The molecule has 0 atom stereocenters. The van der Waals surface area contributed by atoms with Gasteiger partial charge in [-0.2, -0.15) is 0 Å². The van der Waals surface area contributed by atoms with Gasteiger partial charge in [0.15, 0.2) is 0 Å². The smallest absolute Gasteiger partial charge is 0.0465 e. The minimum absolute atomic E-state index is 0.182. The van der Waals surface area contributed by atoms with Gasteiger partial charge < -0.3 is 10.4 Å². The Morgan fingerprint density at radius 1 is 1.28 bits per heavy atom. The van der Waals surface area contributed by atoms with E-state index in [1.54, 1.807) is 6.07 Å². The molecule has 0 saturated heterocycles. The molecule has 0 amide bonds. The van der Waals surface area contributed by atoms with E-state index < -0.39 is 0 Å². The molecule has 0 aromatic heterocycles. The zero-order chi connectivity index (χ0) is 13.6. The summed E-state index contributed by atoms with van der Waals surface area (Å²) in [7, 11) is 0. The molecule has 0 heterocycles. The predicted molar refractivity (Wildman–Crippen MR) is 78.3 cm³/mol. The minimum Gasteiger partial charge on any atom is -0.396 e. The minimum atomic E-state index is 0.182. The maximum absolute atomic E-state index is 8.85. The monoisotopic (exact) mass is 289 g/mol. The summed E-state index contributed by atoms with van der Waals surface area (Å²) in [6, 6.07) is 5.55. The predicted octanol–water partition coefficient (Wildman–Crippen LogP) is 3.88. The Labute approximate surface area is 119 Å². The molecule has 0 bridgehead atoms. The Morgan fingerprint density at radius 3 is 2.61 bits per heavy atom. The summed E-state index contributed by atoms with van der Waals surface area (Å²) < 4.78 is 0. The lowest BCUT2D eigenvalue weighted by Gasteiger charge is -2.24. The standard InChI is InChI=1S/C14H21Cl2NO/c1-14(2,6-3-7-18)10-17-9-11-4-5-12(15)8-13(11)16/h4-5,8,17-18H,3,6-7,9-10H2,1-2H3. The van der Waals surface area contributed by atoms with E-state index in [9.17, 15) is 0 Å². The Hall–Kier alpha value is -0.280. The lowest BCUT2D eigenvalue weighted by atomic mass is 9.88. The average molecular weight is 290 g/mol. The van der Waals surface area contributed by atoms with E-state index in [4.69, 9.17) is 28.3 Å². The van der Waals surface area contributed by atoms with E-state index >= 15 is 0 Å². The molecular weight excluding hydrogens is 269 g/mol. The van der Waals surface area contributed by atoms with Crippen LogP contribution in [0.4, 0.5) is 0 Å². The number of aliphatic hydroxyl groups is 1. The Balaban J connectivity index is 2.41. The first-order valence-corrected chi connectivity index (χ1v) is 6.96. The third-order valence-electron chi connectivity index (χ3n) is 2.95. The zero-order valence-corrected chi connectivity index (χ0v) is 12.5. The van der Waals surface area contributed by atoms with Crippen LogP contribution in [0.1, 0.15) is 32.3 Å². The van der Waals surface area contributed by atoms with Gasteiger partial charge in [-0.25, -0.2) is 0 Å². The van der Waals surface area contributed by atoms with E-state index in [0.717, 1.165) is 31.5 Å². The lowest BCUT2D eigenvalue weighted by molar-refractivity contribution is 0.236. The fourth-order valence-electron chi connectivity index (χ4n) is 1.85. The first-order chi connectivity index (χ1) is 8.44. The molecule has 1 aromatic rings. The highest BCUT2D eigenvalue weighted by Gasteiger charge is 2.16. The van der Waals surface area contributed by atoms with Crippen molar-refractivity contribution in [1.82, 2.24) is 5.32 Å². The van der Waals surface area contributed by atoms with Crippen molar-refractivity contribution in [1.29, 1.82) is 0 Å². The van der Waals surface area contributed by atoms with Gasteiger partial charge in [0.05, 0.1) is 0 Å². The van der Waals surface area contributed by atoms with Crippen molar-refractivity contribution in [2.75, 3.05) is 13.2 Å². The summed E-state index contributed by atoms with van der Waals surface area (Å²) in [4.78, 5) is 0. The fraction of sp³-hybridized carbons (Fsp3) is 0.571. The average Bonchev–Trinajstić information content (AvgIpc) is 2.29. The van der Waals surface area contributed by atoms with Crippen molar-refractivity contribution in [3.8, 4) is 0 Å². The number of halogens is 2. The molecule has 18 heavy (non-hydrogen) atoms. The Kier molecular flexibility index (Phi) is 6.44. The lowest BCUT2D eigenvalue weighted by Crippen LogP contribution is -2.29. The van der Waals surface area contributed by atoms with Crippen LogP contribution in [0, 0.1) is 5.41 Å². The first kappa shape index (κ1) is 15.8. The summed E-state index contributed by atoms with van der Waals surface area (Å²) in [5.74, 6) is 0. The molecule has 102 valence electrons. The molecule has 1 aromatic carbocycles. The van der Waals surface area contributed by atoms with Gasteiger partial charge in [0.2, 0.25) is 0 Å². The second kappa shape index (κ2) is 7.34. The summed E-state index contributed by atoms with van der Waals surface area (Å²) in [6.45, 7) is 6.27. The van der Waals surface area contributed by atoms with Gasteiger partial charge in [0.1, 0.15) is 0 Å². The number of nitrogens with one attached hydrogen (secondary N) is 1. The van der Waals surface area contributed by atoms with Crippen LogP contribution in [0.25, 0.3) is 0 Å². The molecule has 2 nitrogen and oxygen atoms in total. The molecule has 0 aliphatic carbocycles. The highest BCUT2D eigenvalue weighted by molar-refractivity contribution is 6.35. The van der Waals surface area contributed by atoms with Crippen LogP contribution in [-0.4, -0.2) is 18.3 Å². The van der Waals surface area contributed by atoms with Crippen LogP contribution in [0.15, 0.2) is 18.2 Å². The highest BCUT2D eigenvalue weighted by atomic mass is 35.5. The number of rotatable bonds is 7. The third-order valence-corrected chi connectivity index (χ3v) is 3.53. The molecule has 0 radical (unpaired) electrons. The maximum atomic E-state index is 8.85. The molecule has 0 saturated carbocycles. The number of hydrogen-bond acceptors (Lipinski definition) is 2. The van der Waals surface area contributed by atoms with Crippen molar-refractivity contribution >= 4 is 23.2 Å². The van der Waals surface area contributed by atoms with Crippen molar-refractivity contribution in [2.45, 2.75) is 33.2 Å². The van der Waals surface area contributed by atoms with Gasteiger partial charge in [-0.3, -0.25) is 0 Å². The van der Waals surface area contributed by atoms with Crippen molar-refractivity contribution < 1.29 is 5.11 Å². The maximum Gasteiger partial charge on any atom is 0.0465 e. The van der Waals surface area contributed by atoms with Crippen LogP contribution in [0.3, 0.4) is 0 Å². The highest BCUT2D eigenvalue weighted by Crippen LogP contribution is 2.23. The molecule has 1 rings (SSSR count). The van der Waals surface area contributed by atoms with E-state index in [-0.39, 0.29) is 12.0 Å².